The normalized spacial score (nSPS) is 13.9. The summed E-state index contributed by atoms with van der Waals surface area (Å²) in [5.74, 6) is -0.514. The quantitative estimate of drug-likeness (QED) is 0.775. The van der Waals surface area contributed by atoms with Crippen molar-refractivity contribution in [3.8, 4) is 5.75 Å². The van der Waals surface area contributed by atoms with Crippen LogP contribution in [0.3, 0.4) is 0 Å². The average Bonchev–Trinajstić information content (AvgIpc) is 2.33. The standard InChI is InChI=1S/C13H17Br2NO3/c1-3-9(16)4-8-5-10(14)12(11(15)6-8)19-7(2)13(17)18/h5-7,9H,3-4,16H2,1-2H3,(H,17,18). The van der Waals surface area contributed by atoms with Crippen LogP contribution in [0.2, 0.25) is 0 Å². The molecule has 106 valence electrons. The van der Waals surface area contributed by atoms with Gasteiger partial charge >= 0.3 is 5.97 Å². The lowest BCUT2D eigenvalue weighted by Gasteiger charge is -2.16. The third-order valence-corrected chi connectivity index (χ3v) is 3.90. The summed E-state index contributed by atoms with van der Waals surface area (Å²) in [6.07, 6.45) is 0.766. The minimum Gasteiger partial charge on any atom is -0.479 e. The van der Waals surface area contributed by atoms with Gasteiger partial charge in [0.2, 0.25) is 0 Å². The van der Waals surface area contributed by atoms with Crippen molar-refractivity contribution in [2.24, 2.45) is 5.73 Å². The first-order valence-corrected chi connectivity index (χ1v) is 7.56. The van der Waals surface area contributed by atoms with E-state index in [1.807, 2.05) is 19.1 Å². The van der Waals surface area contributed by atoms with E-state index in [1.54, 1.807) is 0 Å². The molecule has 1 rings (SSSR count). The van der Waals surface area contributed by atoms with Gasteiger partial charge in [-0.05, 0) is 69.3 Å². The van der Waals surface area contributed by atoms with Gasteiger partial charge in [0, 0.05) is 6.04 Å². The zero-order chi connectivity index (χ0) is 14.6. The number of rotatable bonds is 6. The molecule has 0 aliphatic rings. The van der Waals surface area contributed by atoms with Crippen molar-refractivity contribution in [2.45, 2.75) is 38.8 Å². The highest BCUT2D eigenvalue weighted by atomic mass is 79.9. The summed E-state index contributed by atoms with van der Waals surface area (Å²) in [6, 6.07) is 3.93. The second-order valence-electron chi connectivity index (χ2n) is 4.36. The van der Waals surface area contributed by atoms with Crippen LogP contribution in [0.1, 0.15) is 25.8 Å². The van der Waals surface area contributed by atoms with Crippen LogP contribution in [0.5, 0.6) is 5.75 Å². The largest absolute Gasteiger partial charge is 0.479 e. The molecule has 4 nitrogen and oxygen atoms in total. The van der Waals surface area contributed by atoms with Crippen LogP contribution in [-0.4, -0.2) is 23.2 Å². The monoisotopic (exact) mass is 393 g/mol. The van der Waals surface area contributed by atoms with E-state index >= 15 is 0 Å². The summed E-state index contributed by atoms with van der Waals surface area (Å²) in [4.78, 5) is 10.8. The summed E-state index contributed by atoms with van der Waals surface area (Å²) in [7, 11) is 0. The molecule has 0 spiro atoms. The maximum atomic E-state index is 10.8. The number of nitrogens with two attached hydrogens (primary N) is 1. The fourth-order valence-electron chi connectivity index (χ4n) is 1.52. The van der Waals surface area contributed by atoms with Crippen LogP contribution in [0, 0.1) is 0 Å². The lowest BCUT2D eigenvalue weighted by molar-refractivity contribution is -0.144. The molecule has 19 heavy (non-hydrogen) atoms. The van der Waals surface area contributed by atoms with E-state index in [0.717, 1.165) is 18.4 Å². The Kier molecular flexibility index (Phi) is 6.29. The molecular formula is C13H17Br2NO3. The Hall–Kier alpha value is -0.590. The van der Waals surface area contributed by atoms with Crippen molar-refractivity contribution in [2.75, 3.05) is 0 Å². The van der Waals surface area contributed by atoms with Crippen molar-refractivity contribution in [1.29, 1.82) is 0 Å². The average molecular weight is 395 g/mol. The molecule has 0 amide bonds. The molecule has 0 aliphatic heterocycles. The van der Waals surface area contributed by atoms with E-state index < -0.39 is 12.1 Å². The SMILES string of the molecule is CCC(N)Cc1cc(Br)c(OC(C)C(=O)O)c(Br)c1. The zero-order valence-electron chi connectivity index (χ0n) is 10.8. The number of hydrogen-bond donors (Lipinski definition) is 2. The predicted octanol–water partition coefficient (Wildman–Crippen LogP) is 3.34. The first-order chi connectivity index (χ1) is 8.85. The van der Waals surface area contributed by atoms with Crippen LogP contribution < -0.4 is 10.5 Å². The fraction of sp³-hybridized carbons (Fsp3) is 0.462. The molecule has 3 N–H and O–H groups in total. The number of carboxylic acids is 1. The van der Waals surface area contributed by atoms with Crippen molar-refractivity contribution in [3.63, 3.8) is 0 Å². The van der Waals surface area contributed by atoms with Crippen LogP contribution in [0.15, 0.2) is 21.1 Å². The Balaban J connectivity index is 2.94. The van der Waals surface area contributed by atoms with Gasteiger partial charge in [-0.15, -0.1) is 0 Å². The van der Waals surface area contributed by atoms with Crippen molar-refractivity contribution in [3.05, 3.63) is 26.6 Å². The molecule has 0 radical (unpaired) electrons. The fourth-order valence-corrected chi connectivity index (χ4v) is 2.99. The second-order valence-corrected chi connectivity index (χ2v) is 6.07. The molecule has 0 heterocycles. The topological polar surface area (TPSA) is 72.5 Å². The molecule has 6 heteroatoms. The third-order valence-electron chi connectivity index (χ3n) is 2.72. The molecule has 0 aliphatic carbocycles. The highest BCUT2D eigenvalue weighted by Crippen LogP contribution is 2.35. The van der Waals surface area contributed by atoms with Gasteiger partial charge in [0.05, 0.1) is 8.95 Å². The zero-order valence-corrected chi connectivity index (χ0v) is 14.0. The van der Waals surface area contributed by atoms with Gasteiger partial charge in [0.1, 0.15) is 5.75 Å². The second kappa shape index (κ2) is 7.26. The molecule has 0 fully saturated rings. The van der Waals surface area contributed by atoms with Gasteiger partial charge in [0.25, 0.3) is 0 Å². The van der Waals surface area contributed by atoms with Crippen LogP contribution in [-0.2, 0) is 11.2 Å². The number of ether oxygens (including phenoxy) is 1. The van der Waals surface area contributed by atoms with Crippen molar-refractivity contribution >= 4 is 37.8 Å². The van der Waals surface area contributed by atoms with Gasteiger partial charge in [-0.25, -0.2) is 4.79 Å². The van der Waals surface area contributed by atoms with Crippen molar-refractivity contribution < 1.29 is 14.6 Å². The van der Waals surface area contributed by atoms with Gasteiger partial charge in [-0.1, -0.05) is 6.92 Å². The number of hydrogen-bond acceptors (Lipinski definition) is 3. The van der Waals surface area contributed by atoms with E-state index in [9.17, 15) is 4.79 Å². The van der Waals surface area contributed by atoms with Crippen LogP contribution >= 0.6 is 31.9 Å². The number of carboxylic acid groups (broad SMARTS) is 1. The Bertz CT molecular complexity index is 442. The minimum absolute atomic E-state index is 0.114. The highest BCUT2D eigenvalue weighted by Gasteiger charge is 2.17. The van der Waals surface area contributed by atoms with Crippen molar-refractivity contribution in [1.82, 2.24) is 0 Å². The summed E-state index contributed by atoms with van der Waals surface area (Å²) in [5.41, 5.74) is 7.00. The molecule has 0 aromatic heterocycles. The van der Waals surface area contributed by atoms with Crippen LogP contribution in [0.25, 0.3) is 0 Å². The molecule has 1 aromatic carbocycles. The smallest absolute Gasteiger partial charge is 0.344 e. The first kappa shape index (κ1) is 16.5. The predicted molar refractivity (Wildman–Crippen MR) is 81.5 cm³/mol. The van der Waals surface area contributed by atoms with E-state index in [4.69, 9.17) is 15.6 Å². The Morgan fingerprint density at radius 3 is 2.37 bits per heavy atom. The van der Waals surface area contributed by atoms with Gasteiger partial charge in [0.15, 0.2) is 6.10 Å². The first-order valence-electron chi connectivity index (χ1n) is 5.98. The molecular weight excluding hydrogens is 378 g/mol. The number of benzene rings is 1. The Morgan fingerprint density at radius 1 is 1.42 bits per heavy atom. The maximum absolute atomic E-state index is 10.8. The Labute approximate surface area is 129 Å². The van der Waals surface area contributed by atoms with Gasteiger partial charge in [-0.2, -0.15) is 0 Å². The van der Waals surface area contributed by atoms with E-state index in [-0.39, 0.29) is 6.04 Å². The maximum Gasteiger partial charge on any atom is 0.344 e. The van der Waals surface area contributed by atoms with E-state index in [2.05, 4.69) is 31.9 Å². The lowest BCUT2D eigenvalue weighted by Crippen LogP contribution is -2.23. The molecule has 2 unspecified atom stereocenters. The van der Waals surface area contributed by atoms with Gasteiger partial charge in [-0.3, -0.25) is 0 Å². The lowest BCUT2D eigenvalue weighted by atomic mass is 10.0. The van der Waals surface area contributed by atoms with E-state index in [0.29, 0.717) is 14.7 Å². The molecule has 2 atom stereocenters. The number of carbonyl (C=O) groups is 1. The summed E-state index contributed by atoms with van der Waals surface area (Å²) < 4.78 is 6.83. The summed E-state index contributed by atoms with van der Waals surface area (Å²) in [6.45, 7) is 3.53. The highest BCUT2D eigenvalue weighted by molar-refractivity contribution is 9.11. The van der Waals surface area contributed by atoms with Crippen LogP contribution in [0.4, 0.5) is 0 Å². The molecule has 0 saturated carbocycles. The Morgan fingerprint density at radius 2 is 1.95 bits per heavy atom. The van der Waals surface area contributed by atoms with E-state index in [1.165, 1.54) is 6.92 Å². The summed E-state index contributed by atoms with van der Waals surface area (Å²) in [5, 5.41) is 8.86. The third kappa shape index (κ3) is 4.78. The summed E-state index contributed by atoms with van der Waals surface area (Å²) >= 11 is 6.80. The minimum atomic E-state index is -1.00. The number of aliphatic carboxylic acids is 1. The van der Waals surface area contributed by atoms with Gasteiger partial charge < -0.3 is 15.6 Å². The molecule has 0 saturated heterocycles. The number of halogens is 2. The molecule has 0 bridgehead atoms. The molecule has 1 aromatic rings.